The zero-order chi connectivity index (χ0) is 11.7. The molecular formula is C11H19NiO2. The van der Waals surface area contributed by atoms with Crippen LogP contribution in [-0.4, -0.2) is 11.6 Å². The molecule has 0 saturated carbocycles. The minimum absolute atomic E-state index is 0.141. The Hall–Kier alpha value is -0.166. The molecule has 0 radical (unpaired) electrons. The van der Waals surface area contributed by atoms with Crippen molar-refractivity contribution < 1.29 is 25.1 Å². The summed E-state index contributed by atoms with van der Waals surface area (Å²) in [6.45, 7) is 10.7. The minimum atomic E-state index is -0.866. The maximum atomic E-state index is 11.7. The number of ketones is 2. The van der Waals surface area contributed by atoms with Crippen molar-refractivity contribution in [3.63, 3.8) is 0 Å². The van der Waals surface area contributed by atoms with E-state index >= 15 is 0 Å². The normalized spacial score (nSPS) is 13.2. The molecule has 0 aromatic carbocycles. The van der Waals surface area contributed by atoms with E-state index in [-0.39, 0.29) is 11.6 Å². The van der Waals surface area contributed by atoms with Gasteiger partial charge in [-0.15, -0.1) is 0 Å². The van der Waals surface area contributed by atoms with Crippen molar-refractivity contribution in [2.24, 2.45) is 10.8 Å². The van der Waals surface area contributed by atoms with Crippen LogP contribution in [0.3, 0.4) is 0 Å². The third-order valence-corrected chi connectivity index (χ3v) is 2.42. The first-order valence-electron chi connectivity index (χ1n) is 4.67. The van der Waals surface area contributed by atoms with Crippen LogP contribution in [0.2, 0.25) is 4.89 Å². The summed E-state index contributed by atoms with van der Waals surface area (Å²) < 4.78 is 0. The molecule has 0 rings (SSSR count). The van der Waals surface area contributed by atoms with Crippen molar-refractivity contribution in [3.05, 3.63) is 0 Å². The Kier molecular flexibility index (Phi) is 4.09. The maximum absolute atomic E-state index is 11.7. The molecule has 2 nitrogen and oxygen atoms in total. The summed E-state index contributed by atoms with van der Waals surface area (Å²) in [6, 6.07) is 0. The van der Waals surface area contributed by atoms with Gasteiger partial charge in [-0.05, 0) is 0 Å². The predicted octanol–water partition coefficient (Wildman–Crippen LogP) is 2.55. The van der Waals surface area contributed by atoms with Crippen molar-refractivity contribution in [2.45, 2.75) is 46.4 Å². The van der Waals surface area contributed by atoms with Crippen LogP contribution in [0, 0.1) is 10.8 Å². The van der Waals surface area contributed by atoms with Crippen molar-refractivity contribution >= 4 is 11.6 Å². The number of rotatable bonds is 2. The topological polar surface area (TPSA) is 34.1 Å². The first kappa shape index (κ1) is 13.8. The van der Waals surface area contributed by atoms with E-state index in [2.05, 4.69) is 15.5 Å². The molecule has 85 valence electrons. The molecular weight excluding hydrogens is 223 g/mol. The second-order valence-electron chi connectivity index (χ2n) is 5.56. The van der Waals surface area contributed by atoms with Crippen LogP contribution < -0.4 is 0 Å². The fraction of sp³-hybridized carbons (Fsp3) is 0.818. The van der Waals surface area contributed by atoms with E-state index < -0.39 is 15.7 Å². The van der Waals surface area contributed by atoms with Gasteiger partial charge in [-0.1, -0.05) is 0 Å². The van der Waals surface area contributed by atoms with Gasteiger partial charge in [0.05, 0.1) is 0 Å². The van der Waals surface area contributed by atoms with Crippen LogP contribution >= 0.6 is 0 Å². The number of Topliss-reactive ketones (excluding diaryl/α,β-unsaturated/α-hetero) is 2. The van der Waals surface area contributed by atoms with Gasteiger partial charge in [0, 0.05) is 0 Å². The fourth-order valence-electron chi connectivity index (χ4n) is 0.826. The molecule has 0 saturated heterocycles. The van der Waals surface area contributed by atoms with Gasteiger partial charge in [-0.25, -0.2) is 0 Å². The quantitative estimate of drug-likeness (QED) is 0.550. The van der Waals surface area contributed by atoms with E-state index in [1.165, 1.54) is 0 Å². The van der Waals surface area contributed by atoms with Gasteiger partial charge in [0.2, 0.25) is 0 Å². The molecule has 3 heteroatoms. The van der Waals surface area contributed by atoms with Crippen LogP contribution in [0.15, 0.2) is 0 Å². The Morgan fingerprint density at radius 2 is 1.07 bits per heavy atom. The van der Waals surface area contributed by atoms with Crippen LogP contribution in [0.5, 0.6) is 0 Å². The molecule has 0 amide bonds. The van der Waals surface area contributed by atoms with Crippen LogP contribution in [0.4, 0.5) is 0 Å². The Balaban J connectivity index is 4.74. The second-order valence-corrected chi connectivity index (χ2v) is 6.13. The third-order valence-electron chi connectivity index (χ3n) is 1.91. The summed E-state index contributed by atoms with van der Waals surface area (Å²) in [5.74, 6) is -0.283. The Morgan fingerprint density at radius 3 is 1.21 bits per heavy atom. The van der Waals surface area contributed by atoms with Gasteiger partial charge in [-0.3, -0.25) is 0 Å². The summed E-state index contributed by atoms with van der Waals surface area (Å²) >= 11 is 4.65. The Labute approximate surface area is 94.2 Å². The first-order valence-corrected chi connectivity index (χ1v) is 5.24. The van der Waals surface area contributed by atoms with E-state index in [4.69, 9.17) is 0 Å². The number of hydrogen-bond donors (Lipinski definition) is 0. The van der Waals surface area contributed by atoms with Gasteiger partial charge in [0.25, 0.3) is 0 Å². The average Bonchev–Trinajstić information content (AvgIpc) is 1.97. The monoisotopic (exact) mass is 241 g/mol. The molecule has 0 aromatic rings. The molecule has 0 bridgehead atoms. The summed E-state index contributed by atoms with van der Waals surface area (Å²) in [6.07, 6.45) is 0. The predicted molar refractivity (Wildman–Crippen MR) is 52.7 cm³/mol. The zero-order valence-electron chi connectivity index (χ0n) is 9.71. The number of carbonyl (C=O) groups excluding carboxylic acids is 2. The van der Waals surface area contributed by atoms with Gasteiger partial charge < -0.3 is 0 Å². The molecule has 0 aliphatic heterocycles. The van der Waals surface area contributed by atoms with Crippen molar-refractivity contribution in [1.82, 2.24) is 0 Å². The van der Waals surface area contributed by atoms with Crippen molar-refractivity contribution in [2.75, 3.05) is 0 Å². The number of carbonyl (C=O) groups is 2. The molecule has 0 fully saturated rings. The number of hydrogen-bond acceptors (Lipinski definition) is 2. The van der Waals surface area contributed by atoms with Crippen LogP contribution in [0.25, 0.3) is 0 Å². The van der Waals surface area contributed by atoms with Crippen LogP contribution in [0.1, 0.15) is 41.5 Å². The molecule has 0 aliphatic carbocycles. The van der Waals surface area contributed by atoms with Crippen molar-refractivity contribution in [3.8, 4) is 0 Å². The van der Waals surface area contributed by atoms with Crippen molar-refractivity contribution in [1.29, 1.82) is 0 Å². The van der Waals surface area contributed by atoms with E-state index in [0.717, 1.165) is 0 Å². The van der Waals surface area contributed by atoms with E-state index in [1.54, 1.807) is 41.5 Å². The van der Waals surface area contributed by atoms with Crippen LogP contribution in [-0.2, 0) is 25.1 Å². The fourth-order valence-corrected chi connectivity index (χ4v) is 1.68. The average molecular weight is 242 g/mol. The van der Waals surface area contributed by atoms with E-state index in [1.807, 2.05) is 0 Å². The van der Waals surface area contributed by atoms with Gasteiger partial charge >= 0.3 is 93.9 Å². The summed E-state index contributed by atoms with van der Waals surface area (Å²) in [5, 5.41) is 0. The Morgan fingerprint density at radius 1 is 0.857 bits per heavy atom. The molecule has 0 N–H and O–H groups in total. The molecule has 0 unspecified atom stereocenters. The summed E-state index contributed by atoms with van der Waals surface area (Å²) in [4.78, 5) is 22.6. The first-order chi connectivity index (χ1) is 5.98. The Bertz CT molecular complexity index is 217. The zero-order valence-corrected chi connectivity index (χ0v) is 10.7. The van der Waals surface area contributed by atoms with Gasteiger partial charge in [-0.2, -0.15) is 0 Å². The molecule has 0 atom stereocenters. The molecule has 0 heterocycles. The third kappa shape index (κ3) is 3.53. The van der Waals surface area contributed by atoms with Gasteiger partial charge in [0.15, 0.2) is 0 Å². The summed E-state index contributed by atoms with van der Waals surface area (Å²) in [5.41, 5.74) is -1.05. The van der Waals surface area contributed by atoms with E-state index in [9.17, 15) is 9.59 Å². The molecule has 0 aromatic heterocycles. The second kappa shape index (κ2) is 4.14. The molecule has 14 heavy (non-hydrogen) atoms. The SMILES string of the molecule is CC(C)(C)C(=O)[CH]([Ni])C(=O)C(C)(C)C. The van der Waals surface area contributed by atoms with E-state index in [0.29, 0.717) is 0 Å². The standard InChI is InChI=1S/C11H19O2.Ni/c1-10(2,3)8(12)7-9(13)11(4,5)6;/h7H,1-6H3;. The summed E-state index contributed by atoms with van der Waals surface area (Å²) in [7, 11) is 0. The molecule has 0 aliphatic rings. The molecule has 0 spiro atoms. The van der Waals surface area contributed by atoms with Gasteiger partial charge in [0.1, 0.15) is 0 Å².